The number of ether oxygens (including phenoxy) is 1. The fourth-order valence-corrected chi connectivity index (χ4v) is 4.33. The molecule has 2 aliphatic heterocycles. The van der Waals surface area contributed by atoms with Crippen molar-refractivity contribution >= 4 is 5.91 Å². The van der Waals surface area contributed by atoms with Crippen LogP contribution in [0.3, 0.4) is 0 Å². The van der Waals surface area contributed by atoms with Gasteiger partial charge in [0, 0.05) is 36.9 Å². The van der Waals surface area contributed by atoms with Gasteiger partial charge >= 0.3 is 0 Å². The number of benzene rings is 1. The predicted octanol–water partition coefficient (Wildman–Crippen LogP) is 3.75. The van der Waals surface area contributed by atoms with Gasteiger partial charge in [-0.25, -0.2) is 0 Å². The minimum atomic E-state index is 0.144. The Hall–Kier alpha value is -2.40. The quantitative estimate of drug-likeness (QED) is 0.767. The lowest BCUT2D eigenvalue weighted by Gasteiger charge is -2.30. The first-order valence-electron chi connectivity index (χ1n) is 10.4. The number of carbonyl (C=O) groups excluding carboxylic acids is 1. The third-order valence-electron chi connectivity index (χ3n) is 5.99. The van der Waals surface area contributed by atoms with E-state index in [2.05, 4.69) is 21.7 Å². The number of rotatable bonds is 6. The summed E-state index contributed by atoms with van der Waals surface area (Å²) in [6, 6.07) is 14.3. The van der Waals surface area contributed by atoms with Gasteiger partial charge in [0.25, 0.3) is 5.91 Å². The second-order valence-corrected chi connectivity index (χ2v) is 7.91. The zero-order valence-corrected chi connectivity index (χ0v) is 16.6. The molecule has 1 aromatic heterocycles. The van der Waals surface area contributed by atoms with Crippen LogP contribution in [-0.4, -0.2) is 52.4 Å². The number of amides is 1. The van der Waals surface area contributed by atoms with Gasteiger partial charge in [-0.2, -0.15) is 0 Å². The van der Waals surface area contributed by atoms with Crippen LogP contribution in [0.25, 0.3) is 0 Å². The second-order valence-electron chi connectivity index (χ2n) is 7.91. The summed E-state index contributed by atoms with van der Waals surface area (Å²) in [4.78, 5) is 21.9. The molecule has 0 radical (unpaired) electrons. The molecule has 5 nitrogen and oxygen atoms in total. The van der Waals surface area contributed by atoms with Crippen LogP contribution >= 0.6 is 0 Å². The monoisotopic (exact) mass is 379 g/mol. The van der Waals surface area contributed by atoms with E-state index in [0.717, 1.165) is 42.9 Å². The minimum absolute atomic E-state index is 0.144. The number of aromatic nitrogens is 1. The van der Waals surface area contributed by atoms with Gasteiger partial charge in [0.05, 0.1) is 5.69 Å². The smallest absolute Gasteiger partial charge is 0.254 e. The molecule has 2 aliphatic rings. The van der Waals surface area contributed by atoms with Gasteiger partial charge in [-0.3, -0.25) is 14.7 Å². The maximum Gasteiger partial charge on any atom is 0.254 e. The van der Waals surface area contributed by atoms with Crippen LogP contribution in [0.2, 0.25) is 0 Å². The standard InChI is InChI=1S/C23H29N3O2/c1-18-6-4-14-25(18)16-21-8-5-15-26(21)23(27)19-9-11-22(12-10-19)28-17-20-7-2-3-13-24-20/h2-3,7,9-13,18,21H,4-6,8,14-17H2,1H3. The van der Waals surface area contributed by atoms with E-state index < -0.39 is 0 Å². The van der Waals surface area contributed by atoms with Gasteiger partial charge in [-0.05, 0) is 75.5 Å². The summed E-state index contributed by atoms with van der Waals surface area (Å²) in [5.74, 6) is 0.900. The summed E-state index contributed by atoms with van der Waals surface area (Å²) < 4.78 is 5.78. The van der Waals surface area contributed by atoms with Crippen molar-refractivity contribution < 1.29 is 9.53 Å². The molecule has 2 saturated heterocycles. The highest BCUT2D eigenvalue weighted by atomic mass is 16.5. The van der Waals surface area contributed by atoms with Crippen LogP contribution in [0.15, 0.2) is 48.7 Å². The Morgan fingerprint density at radius 1 is 1.11 bits per heavy atom. The molecule has 0 spiro atoms. The fourth-order valence-electron chi connectivity index (χ4n) is 4.33. The zero-order chi connectivity index (χ0) is 19.3. The van der Waals surface area contributed by atoms with Crippen LogP contribution in [0, 0.1) is 0 Å². The second kappa shape index (κ2) is 8.74. The highest BCUT2D eigenvalue weighted by Crippen LogP contribution is 2.25. The fraction of sp³-hybridized carbons (Fsp3) is 0.478. The summed E-state index contributed by atoms with van der Waals surface area (Å²) in [6.45, 7) is 5.78. The van der Waals surface area contributed by atoms with Crippen LogP contribution in [0.5, 0.6) is 5.75 Å². The minimum Gasteiger partial charge on any atom is -0.487 e. The van der Waals surface area contributed by atoms with Gasteiger partial charge in [0.15, 0.2) is 0 Å². The van der Waals surface area contributed by atoms with Crippen molar-refractivity contribution in [1.82, 2.24) is 14.8 Å². The van der Waals surface area contributed by atoms with Gasteiger partial charge in [0.2, 0.25) is 0 Å². The summed E-state index contributed by atoms with van der Waals surface area (Å²) >= 11 is 0. The van der Waals surface area contributed by atoms with E-state index in [1.807, 2.05) is 42.5 Å². The molecule has 28 heavy (non-hydrogen) atoms. The Morgan fingerprint density at radius 3 is 2.64 bits per heavy atom. The van der Waals surface area contributed by atoms with Gasteiger partial charge in [-0.1, -0.05) is 6.07 Å². The molecule has 2 unspecified atom stereocenters. The van der Waals surface area contributed by atoms with E-state index in [-0.39, 0.29) is 5.91 Å². The summed E-state index contributed by atoms with van der Waals surface area (Å²) in [5, 5.41) is 0. The maximum atomic E-state index is 13.1. The highest BCUT2D eigenvalue weighted by molar-refractivity contribution is 5.94. The van der Waals surface area contributed by atoms with E-state index in [0.29, 0.717) is 18.7 Å². The van der Waals surface area contributed by atoms with Crippen LogP contribution in [0.1, 0.15) is 48.7 Å². The molecular formula is C23H29N3O2. The average molecular weight is 380 g/mol. The van der Waals surface area contributed by atoms with Crippen molar-refractivity contribution in [3.05, 3.63) is 59.9 Å². The first-order valence-corrected chi connectivity index (χ1v) is 10.4. The van der Waals surface area contributed by atoms with Crippen molar-refractivity contribution in [3.63, 3.8) is 0 Å². The van der Waals surface area contributed by atoms with Crippen LogP contribution < -0.4 is 4.74 Å². The van der Waals surface area contributed by atoms with Gasteiger partial charge < -0.3 is 9.64 Å². The summed E-state index contributed by atoms with van der Waals surface area (Å²) in [5.41, 5.74) is 1.63. The molecule has 0 bridgehead atoms. The van der Waals surface area contributed by atoms with Gasteiger partial charge in [-0.15, -0.1) is 0 Å². The first kappa shape index (κ1) is 18.9. The molecule has 1 aromatic carbocycles. The lowest BCUT2D eigenvalue weighted by atomic mass is 10.1. The van der Waals surface area contributed by atoms with Gasteiger partial charge in [0.1, 0.15) is 12.4 Å². The molecule has 2 atom stereocenters. The lowest BCUT2D eigenvalue weighted by Crippen LogP contribution is -2.44. The zero-order valence-electron chi connectivity index (χ0n) is 16.6. The molecule has 1 amide bonds. The average Bonchev–Trinajstić information content (AvgIpc) is 3.36. The lowest BCUT2D eigenvalue weighted by molar-refractivity contribution is 0.0696. The van der Waals surface area contributed by atoms with Crippen LogP contribution in [0.4, 0.5) is 0 Å². The third kappa shape index (κ3) is 4.36. The SMILES string of the molecule is CC1CCCN1CC1CCCN1C(=O)c1ccc(OCc2ccccn2)cc1. The van der Waals surface area contributed by atoms with E-state index in [1.165, 1.54) is 19.4 Å². The van der Waals surface area contributed by atoms with Crippen molar-refractivity contribution in [2.75, 3.05) is 19.6 Å². The molecule has 2 aromatic rings. The largest absolute Gasteiger partial charge is 0.487 e. The highest BCUT2D eigenvalue weighted by Gasteiger charge is 2.32. The number of pyridine rings is 1. The Balaban J connectivity index is 1.35. The maximum absolute atomic E-state index is 13.1. The topological polar surface area (TPSA) is 45.7 Å². The molecule has 148 valence electrons. The predicted molar refractivity (Wildman–Crippen MR) is 109 cm³/mol. The van der Waals surface area contributed by atoms with E-state index in [4.69, 9.17) is 4.74 Å². The molecule has 0 saturated carbocycles. The normalized spacial score (nSPS) is 22.5. The Labute approximate surface area is 167 Å². The summed E-state index contributed by atoms with van der Waals surface area (Å²) in [6.07, 6.45) is 6.53. The number of hydrogen-bond donors (Lipinski definition) is 0. The van der Waals surface area contributed by atoms with E-state index >= 15 is 0 Å². The first-order chi connectivity index (χ1) is 13.7. The molecule has 0 aliphatic carbocycles. The Bertz CT molecular complexity index is 778. The van der Waals surface area contributed by atoms with E-state index in [9.17, 15) is 4.79 Å². The Morgan fingerprint density at radius 2 is 1.93 bits per heavy atom. The molecule has 3 heterocycles. The molecular weight excluding hydrogens is 350 g/mol. The number of hydrogen-bond acceptors (Lipinski definition) is 4. The van der Waals surface area contributed by atoms with Crippen molar-refractivity contribution in [1.29, 1.82) is 0 Å². The molecule has 2 fully saturated rings. The van der Waals surface area contributed by atoms with Crippen molar-refractivity contribution in [2.45, 2.75) is 51.3 Å². The number of likely N-dealkylation sites (tertiary alicyclic amines) is 2. The van der Waals surface area contributed by atoms with Crippen molar-refractivity contribution in [2.24, 2.45) is 0 Å². The van der Waals surface area contributed by atoms with Crippen LogP contribution in [-0.2, 0) is 6.61 Å². The van der Waals surface area contributed by atoms with E-state index in [1.54, 1.807) is 6.20 Å². The van der Waals surface area contributed by atoms with Crippen molar-refractivity contribution in [3.8, 4) is 5.75 Å². The Kier molecular flexibility index (Phi) is 5.91. The molecule has 0 N–H and O–H groups in total. The third-order valence-corrected chi connectivity index (χ3v) is 5.99. The molecule has 5 heteroatoms. The summed E-state index contributed by atoms with van der Waals surface area (Å²) in [7, 11) is 0. The molecule has 4 rings (SSSR count). The number of carbonyl (C=O) groups is 1. The number of nitrogens with zero attached hydrogens (tertiary/aromatic N) is 3.